The van der Waals surface area contributed by atoms with E-state index in [1.54, 1.807) is 5.57 Å². The monoisotopic (exact) mass is 195 g/mol. The first-order valence-corrected chi connectivity index (χ1v) is 5.71. The van der Waals surface area contributed by atoms with Gasteiger partial charge in [0.15, 0.2) is 0 Å². The summed E-state index contributed by atoms with van der Waals surface area (Å²) in [6, 6.07) is 0.209. The van der Waals surface area contributed by atoms with Gasteiger partial charge in [0.05, 0.1) is 12.2 Å². The molecule has 1 aliphatic carbocycles. The molecule has 0 amide bonds. The minimum atomic E-state index is 0.209. The molecule has 2 aliphatic rings. The van der Waals surface area contributed by atoms with Crippen LogP contribution in [0.25, 0.3) is 0 Å². The SMILES string of the molecule is C/C(=C1\CCOC2(CCC2)C1)C(C)N. The van der Waals surface area contributed by atoms with Crippen LogP contribution in [-0.2, 0) is 4.74 Å². The van der Waals surface area contributed by atoms with E-state index in [0.29, 0.717) is 0 Å². The lowest BCUT2D eigenvalue weighted by molar-refractivity contribution is -0.113. The van der Waals surface area contributed by atoms with Gasteiger partial charge in [-0.1, -0.05) is 11.1 Å². The molecule has 0 aromatic heterocycles. The van der Waals surface area contributed by atoms with E-state index in [0.717, 1.165) is 19.4 Å². The summed E-state index contributed by atoms with van der Waals surface area (Å²) in [6.45, 7) is 5.16. The fourth-order valence-corrected chi connectivity index (χ4v) is 2.47. The molecule has 80 valence electrons. The van der Waals surface area contributed by atoms with Crippen molar-refractivity contribution < 1.29 is 4.74 Å². The Labute approximate surface area is 86.5 Å². The smallest absolute Gasteiger partial charge is 0.0719 e. The minimum absolute atomic E-state index is 0.209. The van der Waals surface area contributed by atoms with Crippen LogP contribution in [0.5, 0.6) is 0 Å². The second-order valence-corrected chi connectivity index (χ2v) is 4.89. The van der Waals surface area contributed by atoms with Crippen LogP contribution in [-0.4, -0.2) is 18.2 Å². The van der Waals surface area contributed by atoms with E-state index in [9.17, 15) is 0 Å². The predicted octanol–water partition coefficient (Wildman–Crippen LogP) is 2.38. The number of hydrogen-bond donors (Lipinski definition) is 1. The van der Waals surface area contributed by atoms with Gasteiger partial charge in [0.25, 0.3) is 0 Å². The first-order chi connectivity index (χ1) is 6.63. The maximum absolute atomic E-state index is 5.92. The molecule has 1 atom stereocenters. The molecule has 2 rings (SSSR count). The first kappa shape index (κ1) is 10.2. The molecule has 2 heteroatoms. The zero-order valence-electron chi connectivity index (χ0n) is 9.31. The zero-order valence-corrected chi connectivity index (χ0v) is 9.31. The molecule has 0 aromatic rings. The van der Waals surface area contributed by atoms with Crippen molar-refractivity contribution in [1.29, 1.82) is 0 Å². The summed E-state index contributed by atoms with van der Waals surface area (Å²) in [5, 5.41) is 0. The van der Waals surface area contributed by atoms with Crippen molar-refractivity contribution in [2.24, 2.45) is 5.73 Å². The molecule has 2 N–H and O–H groups in total. The fraction of sp³-hybridized carbons (Fsp3) is 0.833. The van der Waals surface area contributed by atoms with Gasteiger partial charge in [-0.2, -0.15) is 0 Å². The molecule has 0 radical (unpaired) electrons. The van der Waals surface area contributed by atoms with Crippen molar-refractivity contribution in [3.8, 4) is 0 Å². The summed E-state index contributed by atoms with van der Waals surface area (Å²) in [4.78, 5) is 0. The van der Waals surface area contributed by atoms with Gasteiger partial charge in [0, 0.05) is 6.04 Å². The second-order valence-electron chi connectivity index (χ2n) is 4.89. The average molecular weight is 195 g/mol. The van der Waals surface area contributed by atoms with Crippen molar-refractivity contribution >= 4 is 0 Å². The molecule has 1 aliphatic heterocycles. The third kappa shape index (κ3) is 1.73. The summed E-state index contributed by atoms with van der Waals surface area (Å²) in [5.41, 5.74) is 9.09. The van der Waals surface area contributed by atoms with Crippen LogP contribution in [0.2, 0.25) is 0 Å². The molecule has 1 heterocycles. The second kappa shape index (κ2) is 3.67. The van der Waals surface area contributed by atoms with Gasteiger partial charge in [-0.25, -0.2) is 0 Å². The van der Waals surface area contributed by atoms with E-state index in [-0.39, 0.29) is 11.6 Å². The number of ether oxygens (including phenoxy) is 1. The van der Waals surface area contributed by atoms with E-state index in [1.165, 1.54) is 24.8 Å². The fourth-order valence-electron chi connectivity index (χ4n) is 2.47. The molecule has 0 aromatic carbocycles. The molecular weight excluding hydrogens is 174 g/mol. The molecule has 1 saturated heterocycles. The van der Waals surface area contributed by atoms with Gasteiger partial charge in [-0.15, -0.1) is 0 Å². The zero-order chi connectivity index (χ0) is 10.2. The van der Waals surface area contributed by atoms with Gasteiger partial charge < -0.3 is 10.5 Å². The topological polar surface area (TPSA) is 35.2 Å². The van der Waals surface area contributed by atoms with Crippen molar-refractivity contribution in [2.75, 3.05) is 6.61 Å². The van der Waals surface area contributed by atoms with Crippen molar-refractivity contribution in [3.63, 3.8) is 0 Å². The third-order valence-corrected chi connectivity index (χ3v) is 3.85. The lowest BCUT2D eigenvalue weighted by Crippen LogP contribution is -2.44. The van der Waals surface area contributed by atoms with Crippen molar-refractivity contribution in [2.45, 2.75) is 57.6 Å². The van der Waals surface area contributed by atoms with Crippen LogP contribution in [0.4, 0.5) is 0 Å². The summed E-state index contributed by atoms with van der Waals surface area (Å²) in [5.74, 6) is 0. The van der Waals surface area contributed by atoms with Crippen LogP contribution >= 0.6 is 0 Å². The largest absolute Gasteiger partial charge is 0.374 e. The molecular formula is C12H21NO. The van der Waals surface area contributed by atoms with E-state index in [4.69, 9.17) is 10.5 Å². The standard InChI is InChI=1S/C12H21NO/c1-9(10(2)13)11-4-7-14-12(8-11)5-3-6-12/h10H,3-8,13H2,1-2H3/b11-9-. The van der Waals surface area contributed by atoms with Crippen LogP contribution in [0.3, 0.4) is 0 Å². The van der Waals surface area contributed by atoms with Crippen molar-refractivity contribution in [1.82, 2.24) is 0 Å². The van der Waals surface area contributed by atoms with Crippen LogP contribution in [0, 0.1) is 0 Å². The van der Waals surface area contributed by atoms with E-state index in [1.807, 2.05) is 0 Å². The van der Waals surface area contributed by atoms with Gasteiger partial charge in [-0.05, 0) is 46.0 Å². The highest BCUT2D eigenvalue weighted by molar-refractivity contribution is 5.21. The Morgan fingerprint density at radius 2 is 2.21 bits per heavy atom. The molecule has 1 spiro atoms. The Hall–Kier alpha value is -0.340. The van der Waals surface area contributed by atoms with Gasteiger partial charge in [-0.3, -0.25) is 0 Å². The Balaban J connectivity index is 2.10. The van der Waals surface area contributed by atoms with Gasteiger partial charge in [0.1, 0.15) is 0 Å². The molecule has 2 fully saturated rings. The van der Waals surface area contributed by atoms with Crippen LogP contribution < -0.4 is 5.73 Å². The maximum Gasteiger partial charge on any atom is 0.0719 e. The number of hydrogen-bond acceptors (Lipinski definition) is 2. The summed E-state index contributed by atoms with van der Waals surface area (Å²) in [6.07, 6.45) is 6.07. The highest BCUT2D eigenvalue weighted by atomic mass is 16.5. The van der Waals surface area contributed by atoms with E-state index in [2.05, 4.69) is 13.8 Å². The van der Waals surface area contributed by atoms with Crippen LogP contribution in [0.1, 0.15) is 46.0 Å². The quantitative estimate of drug-likeness (QED) is 0.652. The lowest BCUT2D eigenvalue weighted by atomic mass is 9.73. The number of rotatable bonds is 1. The van der Waals surface area contributed by atoms with Crippen LogP contribution in [0.15, 0.2) is 11.1 Å². The van der Waals surface area contributed by atoms with E-state index < -0.39 is 0 Å². The highest BCUT2D eigenvalue weighted by Gasteiger charge is 2.41. The Morgan fingerprint density at radius 3 is 2.71 bits per heavy atom. The van der Waals surface area contributed by atoms with Gasteiger partial charge in [0.2, 0.25) is 0 Å². The molecule has 1 saturated carbocycles. The predicted molar refractivity (Wildman–Crippen MR) is 58.1 cm³/mol. The number of nitrogens with two attached hydrogens (primary N) is 1. The maximum atomic E-state index is 5.92. The molecule has 0 bridgehead atoms. The molecule has 14 heavy (non-hydrogen) atoms. The Bertz CT molecular complexity index is 251. The summed E-state index contributed by atoms with van der Waals surface area (Å²) in [7, 11) is 0. The molecule has 1 unspecified atom stereocenters. The average Bonchev–Trinajstić information content (AvgIpc) is 2.14. The molecule has 2 nitrogen and oxygen atoms in total. The third-order valence-electron chi connectivity index (χ3n) is 3.85. The summed E-state index contributed by atoms with van der Waals surface area (Å²) >= 11 is 0. The first-order valence-electron chi connectivity index (χ1n) is 5.71. The summed E-state index contributed by atoms with van der Waals surface area (Å²) < 4.78 is 5.89. The minimum Gasteiger partial charge on any atom is -0.374 e. The Kier molecular flexibility index (Phi) is 2.67. The van der Waals surface area contributed by atoms with Crippen molar-refractivity contribution in [3.05, 3.63) is 11.1 Å². The highest BCUT2D eigenvalue weighted by Crippen LogP contribution is 2.44. The van der Waals surface area contributed by atoms with E-state index >= 15 is 0 Å². The van der Waals surface area contributed by atoms with Gasteiger partial charge >= 0.3 is 0 Å². The Morgan fingerprint density at radius 1 is 1.50 bits per heavy atom. The lowest BCUT2D eigenvalue weighted by Gasteiger charge is -2.46. The normalized spacial score (nSPS) is 31.1.